The van der Waals surface area contributed by atoms with E-state index in [4.69, 9.17) is 5.11 Å². The van der Waals surface area contributed by atoms with E-state index < -0.39 is 5.97 Å². The molecule has 2 heterocycles. The van der Waals surface area contributed by atoms with Crippen LogP contribution in [0.3, 0.4) is 0 Å². The number of anilines is 2. The van der Waals surface area contributed by atoms with Crippen LogP contribution in [0.4, 0.5) is 16.0 Å². The minimum absolute atomic E-state index is 0.199. The molecule has 0 amide bonds. The molecule has 0 saturated carbocycles. The summed E-state index contributed by atoms with van der Waals surface area (Å²) in [5.41, 5.74) is 0.668. The van der Waals surface area contributed by atoms with Gasteiger partial charge in [-0.25, -0.2) is 14.4 Å². The second-order valence-electron chi connectivity index (χ2n) is 6.53. The van der Waals surface area contributed by atoms with Crippen LogP contribution in [0.15, 0.2) is 30.3 Å². The summed E-state index contributed by atoms with van der Waals surface area (Å²) in [6.45, 7) is 3.73. The van der Waals surface area contributed by atoms with Crippen molar-refractivity contribution in [2.75, 3.05) is 29.9 Å². The normalized spacial score (nSPS) is 15.1. The highest BCUT2D eigenvalue weighted by Gasteiger charge is 2.25. The number of carboxylic acids is 1. The Morgan fingerprint density at radius 2 is 2.04 bits per heavy atom. The fourth-order valence-corrected chi connectivity index (χ4v) is 3.19. The van der Waals surface area contributed by atoms with E-state index >= 15 is 0 Å². The summed E-state index contributed by atoms with van der Waals surface area (Å²) >= 11 is 0. The molecule has 1 fully saturated rings. The summed E-state index contributed by atoms with van der Waals surface area (Å²) in [4.78, 5) is 22.0. The van der Waals surface area contributed by atoms with E-state index in [1.165, 1.54) is 6.07 Å². The van der Waals surface area contributed by atoms with Crippen LogP contribution >= 0.6 is 0 Å². The van der Waals surface area contributed by atoms with Crippen LogP contribution in [0, 0.1) is 18.7 Å². The number of carboxylic acid groups (broad SMARTS) is 1. The molecule has 6 nitrogen and oxygen atoms in total. The van der Waals surface area contributed by atoms with Crippen LogP contribution in [-0.4, -0.2) is 40.7 Å². The largest absolute Gasteiger partial charge is 0.481 e. The fraction of sp³-hybridized carbons (Fsp3) is 0.421. The van der Waals surface area contributed by atoms with Crippen molar-refractivity contribution in [3.05, 3.63) is 47.5 Å². The molecule has 0 bridgehead atoms. The Labute approximate surface area is 152 Å². The Hall–Kier alpha value is -2.70. The molecule has 138 valence electrons. The summed E-state index contributed by atoms with van der Waals surface area (Å²) < 4.78 is 13.7. The second-order valence-corrected chi connectivity index (χ2v) is 6.53. The number of carbonyl (C=O) groups is 1. The van der Waals surface area contributed by atoms with Gasteiger partial charge in [-0.3, -0.25) is 4.79 Å². The molecule has 0 spiro atoms. The summed E-state index contributed by atoms with van der Waals surface area (Å²) in [7, 11) is 0. The highest BCUT2D eigenvalue weighted by Crippen LogP contribution is 2.23. The van der Waals surface area contributed by atoms with Crippen molar-refractivity contribution in [2.45, 2.75) is 26.2 Å². The van der Waals surface area contributed by atoms with Crippen molar-refractivity contribution < 1.29 is 14.3 Å². The third-order valence-corrected chi connectivity index (χ3v) is 4.65. The Morgan fingerprint density at radius 1 is 1.31 bits per heavy atom. The Kier molecular flexibility index (Phi) is 5.65. The molecule has 1 aromatic carbocycles. The molecule has 1 aliphatic rings. The van der Waals surface area contributed by atoms with Gasteiger partial charge in [0.1, 0.15) is 23.3 Å². The maximum atomic E-state index is 13.7. The minimum atomic E-state index is -0.723. The Bertz CT molecular complexity index is 776. The lowest BCUT2D eigenvalue weighted by molar-refractivity contribution is -0.142. The summed E-state index contributed by atoms with van der Waals surface area (Å²) in [5, 5.41) is 12.3. The van der Waals surface area contributed by atoms with Gasteiger partial charge in [0.15, 0.2) is 0 Å². The molecule has 2 aromatic rings. The van der Waals surface area contributed by atoms with Gasteiger partial charge in [0.25, 0.3) is 0 Å². The number of benzene rings is 1. The number of aryl methyl sites for hydroxylation is 1. The predicted molar refractivity (Wildman–Crippen MR) is 97.9 cm³/mol. The average molecular weight is 358 g/mol. The van der Waals surface area contributed by atoms with E-state index in [0.29, 0.717) is 56.1 Å². The molecule has 7 heteroatoms. The SMILES string of the molecule is Cc1nc(NCCc2ccccc2F)cc(N2CCC(C(=O)O)CC2)n1. The Balaban J connectivity index is 1.61. The number of aliphatic carboxylic acids is 1. The third-order valence-electron chi connectivity index (χ3n) is 4.65. The van der Waals surface area contributed by atoms with Crippen LogP contribution in [-0.2, 0) is 11.2 Å². The van der Waals surface area contributed by atoms with Gasteiger partial charge in [-0.2, -0.15) is 0 Å². The zero-order valence-corrected chi connectivity index (χ0v) is 14.8. The number of hydrogen-bond donors (Lipinski definition) is 2. The van der Waals surface area contributed by atoms with E-state index in [1.54, 1.807) is 12.1 Å². The maximum absolute atomic E-state index is 13.7. The number of hydrogen-bond acceptors (Lipinski definition) is 5. The lowest BCUT2D eigenvalue weighted by Crippen LogP contribution is -2.37. The lowest BCUT2D eigenvalue weighted by atomic mass is 9.97. The van der Waals surface area contributed by atoms with E-state index in [0.717, 1.165) is 5.82 Å². The lowest BCUT2D eigenvalue weighted by Gasteiger charge is -2.31. The molecule has 0 unspecified atom stereocenters. The maximum Gasteiger partial charge on any atom is 0.306 e. The Morgan fingerprint density at radius 3 is 2.73 bits per heavy atom. The zero-order valence-electron chi connectivity index (χ0n) is 14.8. The quantitative estimate of drug-likeness (QED) is 0.827. The van der Waals surface area contributed by atoms with Crippen molar-refractivity contribution in [2.24, 2.45) is 5.92 Å². The number of nitrogens with zero attached hydrogens (tertiary/aromatic N) is 3. The van der Waals surface area contributed by atoms with Gasteiger partial charge in [-0.05, 0) is 37.8 Å². The van der Waals surface area contributed by atoms with E-state index in [2.05, 4.69) is 20.2 Å². The van der Waals surface area contributed by atoms with Crippen molar-refractivity contribution in [3.8, 4) is 0 Å². The monoisotopic (exact) mass is 358 g/mol. The van der Waals surface area contributed by atoms with Crippen molar-refractivity contribution in [3.63, 3.8) is 0 Å². The molecule has 0 aliphatic carbocycles. The average Bonchev–Trinajstić information content (AvgIpc) is 2.63. The van der Waals surface area contributed by atoms with Gasteiger partial charge in [-0.15, -0.1) is 0 Å². The van der Waals surface area contributed by atoms with Crippen molar-refractivity contribution >= 4 is 17.6 Å². The number of rotatable bonds is 6. The standard InChI is InChI=1S/C19H23FN4O2/c1-13-22-17(21-9-6-14-4-2-3-5-16(14)20)12-18(23-13)24-10-7-15(8-11-24)19(25)26/h2-5,12,15H,6-11H2,1H3,(H,25,26)(H,21,22,23). The molecular formula is C19H23FN4O2. The van der Waals surface area contributed by atoms with Crippen LogP contribution in [0.1, 0.15) is 24.2 Å². The van der Waals surface area contributed by atoms with Crippen molar-refractivity contribution in [1.29, 1.82) is 0 Å². The van der Waals surface area contributed by atoms with Gasteiger partial charge in [0.2, 0.25) is 0 Å². The van der Waals surface area contributed by atoms with Gasteiger partial charge < -0.3 is 15.3 Å². The highest BCUT2D eigenvalue weighted by molar-refractivity contribution is 5.70. The van der Waals surface area contributed by atoms with Crippen LogP contribution in [0.25, 0.3) is 0 Å². The molecule has 26 heavy (non-hydrogen) atoms. The fourth-order valence-electron chi connectivity index (χ4n) is 3.19. The van der Waals surface area contributed by atoms with E-state index in [9.17, 15) is 9.18 Å². The summed E-state index contributed by atoms with van der Waals surface area (Å²) in [6.07, 6.45) is 1.80. The van der Waals surface area contributed by atoms with E-state index in [1.807, 2.05) is 19.1 Å². The first-order valence-corrected chi connectivity index (χ1v) is 8.83. The highest BCUT2D eigenvalue weighted by atomic mass is 19.1. The van der Waals surface area contributed by atoms with Gasteiger partial charge in [-0.1, -0.05) is 18.2 Å². The van der Waals surface area contributed by atoms with E-state index in [-0.39, 0.29) is 11.7 Å². The molecule has 1 aliphatic heterocycles. The summed E-state index contributed by atoms with van der Waals surface area (Å²) in [6, 6.07) is 8.62. The second kappa shape index (κ2) is 8.12. The van der Waals surface area contributed by atoms with Gasteiger partial charge in [0, 0.05) is 25.7 Å². The van der Waals surface area contributed by atoms with Crippen LogP contribution < -0.4 is 10.2 Å². The minimum Gasteiger partial charge on any atom is -0.481 e. The molecule has 1 aromatic heterocycles. The van der Waals surface area contributed by atoms with Crippen molar-refractivity contribution in [1.82, 2.24) is 9.97 Å². The van der Waals surface area contributed by atoms with Gasteiger partial charge in [0.05, 0.1) is 5.92 Å². The first-order chi connectivity index (χ1) is 12.5. The first-order valence-electron chi connectivity index (χ1n) is 8.83. The van der Waals surface area contributed by atoms with Crippen LogP contribution in [0.2, 0.25) is 0 Å². The number of halogens is 1. The summed E-state index contributed by atoms with van der Waals surface area (Å²) in [5.74, 6) is 0.955. The molecular weight excluding hydrogens is 335 g/mol. The topological polar surface area (TPSA) is 78.4 Å². The number of aromatic nitrogens is 2. The number of piperidine rings is 1. The predicted octanol–water partition coefficient (Wildman–Crippen LogP) is 2.88. The van der Waals surface area contributed by atoms with Crippen LogP contribution in [0.5, 0.6) is 0 Å². The number of nitrogens with one attached hydrogen (secondary N) is 1. The smallest absolute Gasteiger partial charge is 0.306 e. The molecule has 1 saturated heterocycles. The third kappa shape index (κ3) is 4.47. The molecule has 0 radical (unpaired) electrons. The molecule has 2 N–H and O–H groups in total. The molecule has 0 atom stereocenters. The van der Waals surface area contributed by atoms with Gasteiger partial charge >= 0.3 is 5.97 Å². The first kappa shape index (κ1) is 18.1. The molecule has 3 rings (SSSR count). The zero-order chi connectivity index (χ0) is 18.5.